The third-order valence-corrected chi connectivity index (χ3v) is 4.55. The number of amides is 1. The molecule has 30 heavy (non-hydrogen) atoms. The molecule has 1 unspecified atom stereocenters. The summed E-state index contributed by atoms with van der Waals surface area (Å²) in [5.74, 6) is -0.603. The van der Waals surface area contributed by atoms with E-state index in [1.54, 1.807) is 28.9 Å². The smallest absolute Gasteiger partial charge is 0.273 e. The van der Waals surface area contributed by atoms with Crippen molar-refractivity contribution in [1.29, 1.82) is 0 Å². The largest absolute Gasteiger partial charge is 0.378 e. The van der Waals surface area contributed by atoms with Gasteiger partial charge in [-0.05, 0) is 17.7 Å². The monoisotopic (exact) mass is 396 g/mol. The zero-order valence-electron chi connectivity index (χ0n) is 16.1. The quantitative estimate of drug-likeness (QED) is 0.385. The lowest BCUT2D eigenvalue weighted by Crippen LogP contribution is -2.25. The van der Waals surface area contributed by atoms with Gasteiger partial charge in [-0.2, -0.15) is 10.2 Å². The van der Waals surface area contributed by atoms with E-state index in [9.17, 15) is 9.90 Å². The van der Waals surface area contributed by atoms with E-state index in [1.165, 1.54) is 6.21 Å². The first-order chi connectivity index (χ1) is 14.7. The molecule has 1 heterocycles. The van der Waals surface area contributed by atoms with Crippen molar-refractivity contribution in [1.82, 2.24) is 15.2 Å². The van der Waals surface area contributed by atoms with Crippen molar-refractivity contribution < 1.29 is 9.90 Å². The summed E-state index contributed by atoms with van der Waals surface area (Å²) in [6.07, 6.45) is 2.09. The van der Waals surface area contributed by atoms with E-state index >= 15 is 0 Å². The molecule has 0 spiro atoms. The Bertz CT molecular complexity index is 1140. The average Bonchev–Trinajstić information content (AvgIpc) is 3.24. The van der Waals surface area contributed by atoms with Crippen LogP contribution in [0.1, 0.15) is 17.2 Å². The first kappa shape index (κ1) is 19.3. The van der Waals surface area contributed by atoms with Gasteiger partial charge in [0.2, 0.25) is 0 Å². The second-order valence-corrected chi connectivity index (χ2v) is 6.63. The zero-order valence-corrected chi connectivity index (χ0v) is 16.1. The Morgan fingerprint density at radius 1 is 0.933 bits per heavy atom. The molecule has 148 valence electrons. The van der Waals surface area contributed by atoms with Crippen LogP contribution in [0.2, 0.25) is 0 Å². The lowest BCUT2D eigenvalue weighted by molar-refractivity contribution is -0.129. The molecule has 0 fully saturated rings. The first-order valence-electron chi connectivity index (χ1n) is 9.49. The molecule has 6 heteroatoms. The molecule has 0 saturated heterocycles. The fourth-order valence-electron chi connectivity index (χ4n) is 3.03. The lowest BCUT2D eigenvalue weighted by atomic mass is 10.1. The molecule has 4 rings (SSSR count). The van der Waals surface area contributed by atoms with Gasteiger partial charge in [0.25, 0.3) is 5.91 Å². The Morgan fingerprint density at radius 3 is 2.20 bits per heavy atom. The van der Waals surface area contributed by atoms with Crippen molar-refractivity contribution in [3.05, 3.63) is 108 Å². The van der Waals surface area contributed by atoms with Gasteiger partial charge in [-0.15, -0.1) is 0 Å². The molecule has 0 aliphatic heterocycles. The van der Waals surface area contributed by atoms with Crippen LogP contribution in [0.4, 0.5) is 0 Å². The number of hydrogen-bond donors (Lipinski definition) is 2. The molecular formula is C24H20N4O2. The van der Waals surface area contributed by atoms with E-state index in [1.807, 2.05) is 72.9 Å². The minimum Gasteiger partial charge on any atom is -0.378 e. The molecule has 1 amide bonds. The number of carbonyl (C=O) groups excluding carboxylic acids is 1. The van der Waals surface area contributed by atoms with Gasteiger partial charge in [-0.25, -0.2) is 10.1 Å². The van der Waals surface area contributed by atoms with Crippen molar-refractivity contribution >= 4 is 12.1 Å². The van der Waals surface area contributed by atoms with Crippen LogP contribution in [-0.2, 0) is 4.79 Å². The van der Waals surface area contributed by atoms with E-state index < -0.39 is 12.0 Å². The Kier molecular flexibility index (Phi) is 5.78. The molecule has 1 atom stereocenters. The van der Waals surface area contributed by atoms with E-state index in [0.29, 0.717) is 5.56 Å². The zero-order chi connectivity index (χ0) is 20.8. The number of benzene rings is 3. The maximum Gasteiger partial charge on any atom is 0.273 e. The molecule has 6 nitrogen and oxygen atoms in total. The topological polar surface area (TPSA) is 79.5 Å². The Morgan fingerprint density at radius 2 is 1.53 bits per heavy atom. The van der Waals surface area contributed by atoms with Crippen LogP contribution in [0.5, 0.6) is 0 Å². The van der Waals surface area contributed by atoms with Gasteiger partial charge in [0.1, 0.15) is 5.69 Å². The van der Waals surface area contributed by atoms with E-state index in [-0.39, 0.29) is 0 Å². The minimum atomic E-state index is -1.29. The second-order valence-electron chi connectivity index (χ2n) is 6.63. The number of hydrazone groups is 1. The molecular weight excluding hydrogens is 376 g/mol. The molecule has 0 aliphatic rings. The summed E-state index contributed by atoms with van der Waals surface area (Å²) in [4.78, 5) is 12.2. The highest BCUT2D eigenvalue weighted by Gasteiger charge is 2.16. The van der Waals surface area contributed by atoms with Gasteiger partial charge >= 0.3 is 0 Å². The summed E-state index contributed by atoms with van der Waals surface area (Å²) in [6.45, 7) is 0. The van der Waals surface area contributed by atoms with Crippen LogP contribution in [-0.4, -0.2) is 27.0 Å². The van der Waals surface area contributed by atoms with Gasteiger partial charge in [0.15, 0.2) is 6.10 Å². The van der Waals surface area contributed by atoms with Crippen molar-refractivity contribution in [2.45, 2.75) is 6.10 Å². The van der Waals surface area contributed by atoms with Crippen LogP contribution in [0.15, 0.2) is 102 Å². The predicted molar refractivity (Wildman–Crippen MR) is 116 cm³/mol. The summed E-state index contributed by atoms with van der Waals surface area (Å²) in [7, 11) is 0. The molecule has 3 aromatic carbocycles. The number of aliphatic hydroxyl groups is 1. The fourth-order valence-corrected chi connectivity index (χ4v) is 3.03. The fraction of sp³-hybridized carbons (Fsp3) is 0.0417. The van der Waals surface area contributed by atoms with Crippen molar-refractivity contribution in [2.24, 2.45) is 5.10 Å². The maximum atomic E-state index is 12.2. The van der Waals surface area contributed by atoms with E-state index in [2.05, 4.69) is 10.5 Å². The highest BCUT2D eigenvalue weighted by molar-refractivity contribution is 5.90. The van der Waals surface area contributed by atoms with Crippen molar-refractivity contribution in [3.63, 3.8) is 0 Å². The summed E-state index contributed by atoms with van der Waals surface area (Å²) in [5, 5.41) is 18.9. The number of carbonyl (C=O) groups is 1. The lowest BCUT2D eigenvalue weighted by Gasteiger charge is -2.08. The highest BCUT2D eigenvalue weighted by atomic mass is 16.3. The Hall–Kier alpha value is -4.03. The number of rotatable bonds is 6. The third kappa shape index (κ3) is 4.34. The number of para-hydroxylation sites is 1. The first-order valence-corrected chi connectivity index (χ1v) is 9.49. The van der Waals surface area contributed by atoms with Gasteiger partial charge < -0.3 is 5.11 Å². The van der Waals surface area contributed by atoms with Gasteiger partial charge in [-0.1, -0.05) is 78.9 Å². The maximum absolute atomic E-state index is 12.2. The van der Waals surface area contributed by atoms with Crippen LogP contribution in [0.25, 0.3) is 16.9 Å². The minimum absolute atomic E-state index is 0.507. The number of aromatic nitrogens is 2. The SMILES string of the molecule is O=C(NN=Cc1cn(-c2ccccc2)nc1-c1ccccc1)C(O)c1ccccc1. The Labute approximate surface area is 174 Å². The van der Waals surface area contributed by atoms with Crippen LogP contribution in [0.3, 0.4) is 0 Å². The van der Waals surface area contributed by atoms with Gasteiger partial charge in [0, 0.05) is 17.3 Å². The summed E-state index contributed by atoms with van der Waals surface area (Å²) < 4.78 is 1.77. The standard InChI is InChI=1S/C24H20N4O2/c29-23(19-12-6-2-7-13-19)24(30)26-25-16-20-17-28(21-14-8-3-9-15-21)27-22(20)18-10-4-1-5-11-18/h1-17,23,29H,(H,26,30). The highest BCUT2D eigenvalue weighted by Crippen LogP contribution is 2.22. The number of aliphatic hydroxyl groups excluding tert-OH is 1. The summed E-state index contributed by atoms with van der Waals surface area (Å²) in [6, 6.07) is 28.2. The molecule has 1 aromatic heterocycles. The molecule has 0 bridgehead atoms. The molecule has 0 radical (unpaired) electrons. The normalized spacial score (nSPS) is 12.0. The molecule has 0 saturated carbocycles. The van der Waals surface area contributed by atoms with Gasteiger partial charge in [-0.3, -0.25) is 4.79 Å². The van der Waals surface area contributed by atoms with Crippen molar-refractivity contribution in [3.8, 4) is 16.9 Å². The second kappa shape index (κ2) is 8.98. The number of nitrogens with zero attached hydrogens (tertiary/aromatic N) is 3. The number of hydrogen-bond acceptors (Lipinski definition) is 4. The van der Waals surface area contributed by atoms with E-state index in [0.717, 1.165) is 22.5 Å². The molecule has 4 aromatic rings. The van der Waals surface area contributed by atoms with Crippen molar-refractivity contribution in [2.75, 3.05) is 0 Å². The Balaban J connectivity index is 1.58. The van der Waals surface area contributed by atoms with E-state index in [4.69, 9.17) is 5.10 Å². The predicted octanol–water partition coefficient (Wildman–Crippen LogP) is 3.72. The van der Waals surface area contributed by atoms with Crippen LogP contribution < -0.4 is 5.43 Å². The summed E-state index contributed by atoms with van der Waals surface area (Å²) in [5.41, 5.74) is 6.23. The summed E-state index contributed by atoms with van der Waals surface area (Å²) >= 11 is 0. The molecule has 2 N–H and O–H groups in total. The average molecular weight is 396 g/mol. The van der Waals surface area contributed by atoms with Crippen LogP contribution in [0, 0.1) is 0 Å². The van der Waals surface area contributed by atoms with Gasteiger partial charge in [0.05, 0.1) is 11.9 Å². The molecule has 0 aliphatic carbocycles. The third-order valence-electron chi connectivity index (χ3n) is 4.55. The number of nitrogens with one attached hydrogen (secondary N) is 1. The van der Waals surface area contributed by atoms with Crippen LogP contribution >= 0.6 is 0 Å².